The first-order valence-corrected chi connectivity index (χ1v) is 7.42. The van der Waals surface area contributed by atoms with Crippen molar-refractivity contribution in [3.63, 3.8) is 0 Å². The van der Waals surface area contributed by atoms with Crippen molar-refractivity contribution in [3.05, 3.63) is 23.3 Å². The lowest BCUT2D eigenvalue weighted by Gasteiger charge is -2.38. The molecule has 2 nitrogen and oxygen atoms in total. The second kappa shape index (κ2) is 5.06. The van der Waals surface area contributed by atoms with Gasteiger partial charge >= 0.3 is 0 Å². The zero-order chi connectivity index (χ0) is 14.3. The van der Waals surface area contributed by atoms with Crippen LogP contribution in [0.25, 0.3) is 0 Å². The average molecular weight is 264 g/mol. The Morgan fingerprint density at radius 3 is 2.58 bits per heavy atom. The van der Waals surface area contributed by atoms with Gasteiger partial charge in [0.2, 0.25) is 0 Å². The summed E-state index contributed by atoms with van der Waals surface area (Å²) in [6.45, 7) is 13.9. The van der Waals surface area contributed by atoms with Crippen molar-refractivity contribution in [1.29, 1.82) is 0 Å². The maximum atomic E-state index is 5.95. The van der Waals surface area contributed by atoms with Gasteiger partial charge in [0, 0.05) is 5.92 Å². The van der Waals surface area contributed by atoms with Gasteiger partial charge in [-0.25, -0.2) is 0 Å². The molecule has 0 spiro atoms. The molecule has 2 rings (SSSR count). The van der Waals surface area contributed by atoms with Crippen LogP contribution in [0.4, 0.5) is 0 Å². The minimum atomic E-state index is -0.535. The van der Waals surface area contributed by atoms with Gasteiger partial charge in [-0.3, -0.25) is 0 Å². The van der Waals surface area contributed by atoms with E-state index < -0.39 is 5.79 Å². The Kier molecular flexibility index (Phi) is 3.95. The van der Waals surface area contributed by atoms with E-state index in [0.29, 0.717) is 17.9 Å². The standard InChI is InChI=1S/C17H28O2/c1-12-8-7-9-16(4,5)15(12)10-13(2)17(6)18-11-14(3)19-17/h8,10,14-15H,7,9,11H2,1-6H3/b13-10+. The van der Waals surface area contributed by atoms with Gasteiger partial charge in [0.05, 0.1) is 12.7 Å². The van der Waals surface area contributed by atoms with Crippen molar-refractivity contribution in [1.82, 2.24) is 0 Å². The van der Waals surface area contributed by atoms with Crippen LogP contribution in [0.5, 0.6) is 0 Å². The van der Waals surface area contributed by atoms with E-state index in [0.717, 1.165) is 0 Å². The van der Waals surface area contributed by atoms with E-state index in [1.165, 1.54) is 24.0 Å². The monoisotopic (exact) mass is 264 g/mol. The lowest BCUT2D eigenvalue weighted by Crippen LogP contribution is -2.31. The van der Waals surface area contributed by atoms with Gasteiger partial charge in [0.25, 0.3) is 0 Å². The third kappa shape index (κ3) is 2.95. The topological polar surface area (TPSA) is 18.5 Å². The second-order valence-corrected chi connectivity index (χ2v) is 6.99. The largest absolute Gasteiger partial charge is 0.344 e. The van der Waals surface area contributed by atoms with Gasteiger partial charge in [-0.2, -0.15) is 0 Å². The maximum absolute atomic E-state index is 5.95. The molecular formula is C17H28O2. The Morgan fingerprint density at radius 2 is 2.05 bits per heavy atom. The predicted octanol–water partition coefficient (Wildman–Crippen LogP) is 4.47. The summed E-state index contributed by atoms with van der Waals surface area (Å²) in [6.07, 6.45) is 7.37. The third-order valence-electron chi connectivity index (χ3n) is 4.74. The first-order valence-electron chi connectivity index (χ1n) is 7.42. The lowest BCUT2D eigenvalue weighted by atomic mass is 9.68. The molecule has 2 aliphatic rings. The molecule has 0 aromatic carbocycles. The number of hydrogen-bond acceptors (Lipinski definition) is 2. The van der Waals surface area contributed by atoms with E-state index in [4.69, 9.17) is 9.47 Å². The van der Waals surface area contributed by atoms with Gasteiger partial charge in [-0.05, 0) is 51.5 Å². The van der Waals surface area contributed by atoms with Crippen LogP contribution in [0.15, 0.2) is 23.3 Å². The Hall–Kier alpha value is -0.600. The van der Waals surface area contributed by atoms with Crippen molar-refractivity contribution < 1.29 is 9.47 Å². The molecule has 0 radical (unpaired) electrons. The SMILES string of the molecule is CC1=CCCC(C)(C)C1/C=C(\C)C1(C)OCC(C)O1. The Morgan fingerprint density at radius 1 is 1.37 bits per heavy atom. The molecule has 1 saturated heterocycles. The molecule has 1 heterocycles. The van der Waals surface area contributed by atoms with Gasteiger partial charge < -0.3 is 9.47 Å². The summed E-state index contributed by atoms with van der Waals surface area (Å²) in [5.41, 5.74) is 3.00. The summed E-state index contributed by atoms with van der Waals surface area (Å²) in [5, 5.41) is 0. The van der Waals surface area contributed by atoms with Crippen LogP contribution in [0.3, 0.4) is 0 Å². The molecule has 0 N–H and O–H groups in total. The zero-order valence-corrected chi connectivity index (χ0v) is 13.2. The Balaban J connectivity index is 2.24. The molecule has 0 bridgehead atoms. The van der Waals surface area contributed by atoms with Crippen LogP contribution in [0.2, 0.25) is 0 Å². The van der Waals surface area contributed by atoms with E-state index >= 15 is 0 Å². The molecule has 108 valence electrons. The molecule has 3 unspecified atom stereocenters. The molecule has 0 saturated carbocycles. The quantitative estimate of drug-likeness (QED) is 0.685. The number of rotatable bonds is 2. The van der Waals surface area contributed by atoms with Crippen molar-refractivity contribution in [2.75, 3.05) is 6.61 Å². The molecule has 19 heavy (non-hydrogen) atoms. The summed E-state index contributed by atoms with van der Waals surface area (Å²) in [7, 11) is 0. The van der Waals surface area contributed by atoms with Gasteiger partial charge in [-0.15, -0.1) is 0 Å². The van der Waals surface area contributed by atoms with Crippen LogP contribution >= 0.6 is 0 Å². The smallest absolute Gasteiger partial charge is 0.188 e. The summed E-state index contributed by atoms with van der Waals surface area (Å²) in [5.74, 6) is -0.0473. The van der Waals surface area contributed by atoms with Crippen LogP contribution in [-0.2, 0) is 9.47 Å². The molecule has 0 amide bonds. The third-order valence-corrected chi connectivity index (χ3v) is 4.74. The first-order chi connectivity index (χ1) is 8.74. The molecule has 1 aliphatic carbocycles. The second-order valence-electron chi connectivity index (χ2n) is 6.99. The van der Waals surface area contributed by atoms with E-state index in [-0.39, 0.29) is 6.10 Å². The fourth-order valence-electron chi connectivity index (χ4n) is 3.26. The Labute approximate surface area is 117 Å². The zero-order valence-electron chi connectivity index (χ0n) is 13.2. The lowest BCUT2D eigenvalue weighted by molar-refractivity contribution is -0.121. The maximum Gasteiger partial charge on any atom is 0.188 e. The van der Waals surface area contributed by atoms with Crippen molar-refractivity contribution in [2.45, 2.75) is 66.3 Å². The molecule has 1 aliphatic heterocycles. The highest BCUT2D eigenvalue weighted by molar-refractivity contribution is 5.24. The van der Waals surface area contributed by atoms with Gasteiger partial charge in [0.1, 0.15) is 0 Å². The van der Waals surface area contributed by atoms with Crippen LogP contribution < -0.4 is 0 Å². The number of ether oxygens (including phenoxy) is 2. The minimum absolute atomic E-state index is 0.185. The summed E-state index contributed by atoms with van der Waals surface area (Å²) < 4.78 is 11.8. The van der Waals surface area contributed by atoms with Crippen molar-refractivity contribution in [2.24, 2.45) is 11.3 Å². The summed E-state index contributed by atoms with van der Waals surface area (Å²) in [6, 6.07) is 0. The molecular weight excluding hydrogens is 236 g/mol. The summed E-state index contributed by atoms with van der Waals surface area (Å²) in [4.78, 5) is 0. The van der Waals surface area contributed by atoms with Crippen LogP contribution in [0.1, 0.15) is 54.4 Å². The number of hydrogen-bond donors (Lipinski definition) is 0. The molecule has 0 aromatic heterocycles. The van der Waals surface area contributed by atoms with E-state index in [1.54, 1.807) is 0 Å². The molecule has 1 fully saturated rings. The Bertz CT molecular complexity index is 405. The van der Waals surface area contributed by atoms with E-state index in [9.17, 15) is 0 Å². The summed E-state index contributed by atoms with van der Waals surface area (Å²) >= 11 is 0. The molecule has 3 atom stereocenters. The van der Waals surface area contributed by atoms with Crippen LogP contribution in [0, 0.1) is 11.3 Å². The van der Waals surface area contributed by atoms with E-state index in [2.05, 4.69) is 46.8 Å². The minimum Gasteiger partial charge on any atom is -0.344 e. The molecule has 0 aromatic rings. The fourth-order valence-corrected chi connectivity index (χ4v) is 3.26. The van der Waals surface area contributed by atoms with Crippen molar-refractivity contribution in [3.8, 4) is 0 Å². The molecule has 2 heteroatoms. The highest BCUT2D eigenvalue weighted by Crippen LogP contribution is 2.43. The fraction of sp³-hybridized carbons (Fsp3) is 0.765. The van der Waals surface area contributed by atoms with Crippen molar-refractivity contribution >= 4 is 0 Å². The number of allylic oxidation sites excluding steroid dienone is 3. The predicted molar refractivity (Wildman–Crippen MR) is 78.9 cm³/mol. The van der Waals surface area contributed by atoms with Gasteiger partial charge in [0.15, 0.2) is 5.79 Å². The van der Waals surface area contributed by atoms with Crippen LogP contribution in [-0.4, -0.2) is 18.5 Å². The van der Waals surface area contributed by atoms with Gasteiger partial charge in [-0.1, -0.05) is 31.6 Å². The highest BCUT2D eigenvalue weighted by Gasteiger charge is 2.39. The first kappa shape index (κ1) is 14.8. The normalized spacial score (nSPS) is 39.3. The highest BCUT2D eigenvalue weighted by atomic mass is 16.7. The van der Waals surface area contributed by atoms with E-state index in [1.807, 2.05) is 6.92 Å². The average Bonchev–Trinajstić information content (AvgIpc) is 2.65.